The third-order valence-corrected chi connectivity index (χ3v) is 10.2. The van der Waals surface area contributed by atoms with Gasteiger partial charge in [-0.15, -0.1) is 10.6 Å². The molecule has 1 heteroatoms. The van der Waals surface area contributed by atoms with Crippen molar-refractivity contribution in [2.24, 2.45) is 0 Å². The van der Waals surface area contributed by atoms with Crippen molar-refractivity contribution in [1.29, 1.82) is 0 Å². The minimum Gasteiger partial charge on any atom is -0.104 e. The van der Waals surface area contributed by atoms with Crippen molar-refractivity contribution < 1.29 is 0 Å². The Labute approximate surface area is 244 Å². The van der Waals surface area contributed by atoms with Gasteiger partial charge in [0.25, 0.3) is 0 Å². The maximum atomic E-state index is 2.31. The van der Waals surface area contributed by atoms with E-state index in [1.165, 1.54) is 205 Å². The lowest BCUT2D eigenvalue weighted by atomic mass is 10.0. The number of rotatable bonds is 34. The summed E-state index contributed by atoms with van der Waals surface area (Å²) in [6, 6.07) is 0. The normalized spacial score (nSPS) is 11.4. The van der Waals surface area contributed by atoms with E-state index in [2.05, 4.69) is 13.8 Å². The molecule has 0 rings (SSSR count). The van der Waals surface area contributed by atoms with Crippen LogP contribution in [0.5, 0.6) is 0 Å². The molecular formula is C36H74Al. The predicted molar refractivity (Wildman–Crippen MR) is 174 cm³/mol. The highest BCUT2D eigenvalue weighted by Gasteiger charge is 1.98. The molecule has 1 radical (unpaired) electrons. The fraction of sp³-hybridized carbons (Fsp3) is 1.00. The predicted octanol–water partition coefficient (Wildman–Crippen LogP) is 14.1. The Hall–Kier alpha value is 0.532. The van der Waals surface area contributed by atoms with Crippen LogP contribution >= 0.6 is 0 Å². The van der Waals surface area contributed by atoms with Crippen molar-refractivity contribution >= 4 is 15.2 Å². The van der Waals surface area contributed by atoms with Crippen molar-refractivity contribution in [2.75, 3.05) is 0 Å². The Bertz CT molecular complexity index is 332. The highest BCUT2D eigenvalue weighted by Crippen LogP contribution is 2.16. The summed E-state index contributed by atoms with van der Waals surface area (Å²) < 4.78 is 0. The molecule has 0 saturated heterocycles. The molecule has 0 aliphatic heterocycles. The van der Waals surface area contributed by atoms with E-state index in [-0.39, 0.29) is 0 Å². The molecule has 0 fully saturated rings. The van der Waals surface area contributed by atoms with Gasteiger partial charge >= 0.3 is 0 Å². The van der Waals surface area contributed by atoms with E-state index in [4.69, 9.17) is 0 Å². The summed E-state index contributed by atoms with van der Waals surface area (Å²) in [5, 5.41) is 3.16. The van der Waals surface area contributed by atoms with E-state index in [0.29, 0.717) is 0 Å². The van der Waals surface area contributed by atoms with Crippen molar-refractivity contribution in [2.45, 2.75) is 230 Å². The molecule has 37 heavy (non-hydrogen) atoms. The van der Waals surface area contributed by atoms with Crippen LogP contribution in [0.4, 0.5) is 0 Å². The second-order valence-corrected chi connectivity index (χ2v) is 14.2. The van der Waals surface area contributed by atoms with Crippen molar-refractivity contribution in [3.05, 3.63) is 0 Å². The zero-order valence-corrected chi connectivity index (χ0v) is 27.8. The van der Waals surface area contributed by atoms with E-state index < -0.39 is 0 Å². The highest BCUT2D eigenvalue weighted by molar-refractivity contribution is 6.35. The average molecular weight is 534 g/mol. The molecule has 0 N–H and O–H groups in total. The molecule has 0 aliphatic rings. The Balaban J connectivity index is 3.00. The van der Waals surface area contributed by atoms with Crippen LogP contribution in [-0.2, 0) is 0 Å². The summed E-state index contributed by atoms with van der Waals surface area (Å²) in [7, 11) is 0. The van der Waals surface area contributed by atoms with Crippen LogP contribution in [0.1, 0.15) is 219 Å². The lowest BCUT2D eigenvalue weighted by Crippen LogP contribution is -1.90. The van der Waals surface area contributed by atoms with Crippen molar-refractivity contribution in [1.82, 2.24) is 0 Å². The van der Waals surface area contributed by atoms with Gasteiger partial charge in [0.1, 0.15) is 0 Å². The number of hydrogen-bond donors (Lipinski definition) is 0. The lowest BCUT2D eigenvalue weighted by molar-refractivity contribution is 0.531. The van der Waals surface area contributed by atoms with Gasteiger partial charge in [-0.2, -0.15) is 0 Å². The van der Waals surface area contributed by atoms with Gasteiger partial charge in [-0.1, -0.05) is 219 Å². The Morgan fingerprint density at radius 1 is 0.216 bits per heavy atom. The maximum Gasteiger partial charge on any atom is 0.199 e. The zero-order valence-electron chi connectivity index (χ0n) is 26.6. The van der Waals surface area contributed by atoms with Crippen LogP contribution in [0.25, 0.3) is 0 Å². The van der Waals surface area contributed by atoms with Crippen LogP contribution in [0.2, 0.25) is 10.6 Å². The minimum absolute atomic E-state index is 0.768. The molecule has 0 aromatic carbocycles. The Morgan fingerprint density at radius 2 is 0.378 bits per heavy atom. The second kappa shape index (κ2) is 36.5. The summed E-state index contributed by atoms with van der Waals surface area (Å²) >= 11 is 0.768. The van der Waals surface area contributed by atoms with Gasteiger partial charge in [0.2, 0.25) is 0 Å². The fourth-order valence-electron chi connectivity index (χ4n) is 5.82. The third-order valence-electron chi connectivity index (χ3n) is 8.52. The first-order valence-electron chi connectivity index (χ1n) is 18.2. The first-order chi connectivity index (χ1) is 18.4. The van der Waals surface area contributed by atoms with E-state index in [1.54, 1.807) is 10.6 Å². The number of hydrogen-bond acceptors (Lipinski definition) is 0. The maximum absolute atomic E-state index is 2.31. The summed E-state index contributed by atoms with van der Waals surface area (Å²) in [4.78, 5) is 0. The molecule has 0 heterocycles. The van der Waals surface area contributed by atoms with Crippen LogP contribution in [-0.4, -0.2) is 15.2 Å². The standard InChI is InChI=1S/2C18H37.Al/c2*1-3-5-7-9-11-13-15-17-18-16-14-12-10-8-6-4-2;/h2*1,3-18H2,2H3;. The second-order valence-electron chi connectivity index (χ2n) is 12.5. The van der Waals surface area contributed by atoms with Gasteiger partial charge in [0, 0.05) is 0 Å². The Kier molecular flexibility index (Phi) is 37.1. The topological polar surface area (TPSA) is 0 Å². The fourth-order valence-corrected chi connectivity index (χ4v) is 7.26. The number of unbranched alkanes of at least 4 members (excludes halogenated alkanes) is 30. The molecule has 0 aromatic rings. The minimum atomic E-state index is 0.768. The largest absolute Gasteiger partial charge is 0.199 e. The van der Waals surface area contributed by atoms with Gasteiger partial charge in [-0.25, -0.2) is 0 Å². The molecule has 221 valence electrons. The van der Waals surface area contributed by atoms with Crippen LogP contribution in [0.3, 0.4) is 0 Å². The molecule has 0 atom stereocenters. The monoisotopic (exact) mass is 534 g/mol. The molecule has 0 unspecified atom stereocenters. The zero-order chi connectivity index (χ0) is 26.7. The van der Waals surface area contributed by atoms with Gasteiger partial charge < -0.3 is 0 Å². The first kappa shape index (κ1) is 37.5. The highest BCUT2D eigenvalue weighted by atomic mass is 27.1. The molecule has 0 amide bonds. The molecule has 0 bridgehead atoms. The molecular weight excluding hydrogens is 459 g/mol. The van der Waals surface area contributed by atoms with Crippen LogP contribution in [0.15, 0.2) is 0 Å². The molecule has 0 nitrogen and oxygen atoms in total. The SMILES string of the molecule is CCCCCCCCCCCCCCCCC[CH2][Al][CH2]CCCCCCCCCCCCCCCCC. The van der Waals surface area contributed by atoms with Crippen LogP contribution in [0, 0.1) is 0 Å². The molecule has 0 aliphatic carbocycles. The third kappa shape index (κ3) is 36.5. The van der Waals surface area contributed by atoms with Crippen molar-refractivity contribution in [3.63, 3.8) is 0 Å². The van der Waals surface area contributed by atoms with Crippen molar-refractivity contribution in [3.8, 4) is 0 Å². The molecule has 0 aromatic heterocycles. The van der Waals surface area contributed by atoms with E-state index in [0.717, 1.165) is 15.2 Å². The average Bonchev–Trinajstić information content (AvgIpc) is 2.91. The quantitative estimate of drug-likeness (QED) is 0.0570. The smallest absolute Gasteiger partial charge is 0.104 e. The van der Waals surface area contributed by atoms with Gasteiger partial charge in [-0.3, -0.25) is 0 Å². The Morgan fingerprint density at radius 3 is 0.568 bits per heavy atom. The summed E-state index contributed by atoms with van der Waals surface area (Å²) in [5.41, 5.74) is 0. The van der Waals surface area contributed by atoms with E-state index in [9.17, 15) is 0 Å². The van der Waals surface area contributed by atoms with Gasteiger partial charge in [-0.05, 0) is 0 Å². The van der Waals surface area contributed by atoms with Gasteiger partial charge in [0.05, 0.1) is 0 Å². The molecule has 0 saturated carbocycles. The molecule has 0 spiro atoms. The van der Waals surface area contributed by atoms with E-state index in [1.807, 2.05) is 0 Å². The first-order valence-corrected chi connectivity index (χ1v) is 19.9. The summed E-state index contributed by atoms with van der Waals surface area (Å²) in [6.45, 7) is 4.62. The summed E-state index contributed by atoms with van der Waals surface area (Å²) in [6.07, 6.45) is 47.6. The van der Waals surface area contributed by atoms with Crippen LogP contribution < -0.4 is 0 Å². The summed E-state index contributed by atoms with van der Waals surface area (Å²) in [5.74, 6) is 0. The lowest BCUT2D eigenvalue weighted by Gasteiger charge is -2.04. The van der Waals surface area contributed by atoms with Gasteiger partial charge in [0.15, 0.2) is 15.2 Å². The van der Waals surface area contributed by atoms with E-state index >= 15 is 0 Å².